The van der Waals surface area contributed by atoms with E-state index in [4.69, 9.17) is 0 Å². The number of carbonyl (C=O) groups excluding carboxylic acids is 2. The highest BCUT2D eigenvalue weighted by molar-refractivity contribution is 5.82. The van der Waals surface area contributed by atoms with Crippen LogP contribution in [-0.4, -0.2) is 24.2 Å². The van der Waals surface area contributed by atoms with E-state index in [0.29, 0.717) is 12.8 Å². The van der Waals surface area contributed by atoms with Gasteiger partial charge in [-0.15, -0.1) is 0 Å². The number of unbranched alkanes of at least 4 members (excludes halogenated alkanes) is 4. The molecule has 0 atom stereocenters. The minimum atomic E-state index is -0.0761. The van der Waals surface area contributed by atoms with Gasteiger partial charge in [0.15, 0.2) is 0 Å². The first kappa shape index (κ1) is 22.0. The largest absolute Gasteiger partial charge is 0.273 e. The van der Waals surface area contributed by atoms with Crippen LogP contribution in [0.1, 0.15) is 56.1 Å². The fourth-order valence-corrected chi connectivity index (χ4v) is 2.65. The van der Waals surface area contributed by atoms with E-state index >= 15 is 0 Å². The maximum atomic E-state index is 11.7. The number of nitrogens with one attached hydrogen (secondary N) is 2. The van der Waals surface area contributed by atoms with E-state index in [1.165, 1.54) is 0 Å². The standard InChI is InChI=1S/C23H28N4O2/c28-22(26-24-18-20-12-6-4-7-13-20)16-10-2-1-3-11-17-23(29)27-25-19-21-14-8-5-9-15-21/h4-9,12-15,18-19H,1-3,10-11,16-17H2,(H,26,28)(H,27,29)/b24-18+,25-19+. The number of hydrazone groups is 2. The Labute approximate surface area is 172 Å². The second-order valence-corrected chi connectivity index (χ2v) is 6.68. The maximum Gasteiger partial charge on any atom is 0.240 e. The lowest BCUT2D eigenvalue weighted by Crippen LogP contribution is -2.17. The smallest absolute Gasteiger partial charge is 0.240 e. The van der Waals surface area contributed by atoms with Crippen LogP contribution < -0.4 is 10.9 Å². The maximum absolute atomic E-state index is 11.7. The van der Waals surface area contributed by atoms with Crippen molar-refractivity contribution in [3.63, 3.8) is 0 Å². The fourth-order valence-electron chi connectivity index (χ4n) is 2.65. The normalized spacial score (nSPS) is 11.0. The van der Waals surface area contributed by atoms with Crippen molar-refractivity contribution in [3.8, 4) is 0 Å². The van der Waals surface area contributed by atoms with Gasteiger partial charge in [-0.25, -0.2) is 10.9 Å². The summed E-state index contributed by atoms with van der Waals surface area (Å²) in [7, 11) is 0. The van der Waals surface area contributed by atoms with Gasteiger partial charge in [-0.2, -0.15) is 10.2 Å². The SMILES string of the molecule is O=C(CCCCCCCC(=O)N/N=C/c1ccccc1)N/N=C/c1ccccc1. The van der Waals surface area contributed by atoms with Gasteiger partial charge in [0.1, 0.15) is 0 Å². The quantitative estimate of drug-likeness (QED) is 0.325. The molecular formula is C23H28N4O2. The number of nitrogens with zero attached hydrogens (tertiary/aromatic N) is 2. The Balaban J connectivity index is 1.44. The zero-order valence-corrected chi connectivity index (χ0v) is 16.6. The molecule has 29 heavy (non-hydrogen) atoms. The third-order valence-corrected chi connectivity index (χ3v) is 4.21. The average molecular weight is 393 g/mol. The summed E-state index contributed by atoms with van der Waals surface area (Å²) in [6, 6.07) is 19.2. The van der Waals surface area contributed by atoms with E-state index < -0.39 is 0 Å². The van der Waals surface area contributed by atoms with Crippen LogP contribution in [0.2, 0.25) is 0 Å². The molecular weight excluding hydrogens is 364 g/mol. The summed E-state index contributed by atoms with van der Waals surface area (Å²) in [5.74, 6) is -0.152. The Morgan fingerprint density at radius 3 is 1.41 bits per heavy atom. The highest BCUT2D eigenvalue weighted by Gasteiger charge is 2.01. The summed E-state index contributed by atoms with van der Waals surface area (Å²) in [4.78, 5) is 23.4. The van der Waals surface area contributed by atoms with Crippen LogP contribution in [0.5, 0.6) is 0 Å². The molecule has 152 valence electrons. The third kappa shape index (κ3) is 10.6. The molecule has 0 radical (unpaired) electrons. The Bertz CT molecular complexity index is 722. The molecule has 0 fully saturated rings. The Kier molecular flexibility index (Phi) is 10.5. The lowest BCUT2D eigenvalue weighted by molar-refractivity contribution is -0.121. The molecule has 0 aliphatic rings. The van der Waals surface area contributed by atoms with Crippen LogP contribution in [-0.2, 0) is 9.59 Å². The molecule has 0 heterocycles. The monoisotopic (exact) mass is 392 g/mol. The van der Waals surface area contributed by atoms with E-state index in [9.17, 15) is 9.59 Å². The minimum absolute atomic E-state index is 0.0761. The lowest BCUT2D eigenvalue weighted by atomic mass is 10.1. The minimum Gasteiger partial charge on any atom is -0.273 e. The number of carbonyl (C=O) groups is 2. The summed E-state index contributed by atoms with van der Waals surface area (Å²) in [5, 5.41) is 7.91. The molecule has 0 unspecified atom stereocenters. The predicted molar refractivity (Wildman–Crippen MR) is 117 cm³/mol. The number of hydrogen-bond donors (Lipinski definition) is 2. The Morgan fingerprint density at radius 2 is 1.00 bits per heavy atom. The van der Waals surface area contributed by atoms with Crippen molar-refractivity contribution in [1.29, 1.82) is 0 Å². The summed E-state index contributed by atoms with van der Waals surface area (Å²) in [5.41, 5.74) is 6.98. The first-order valence-corrected chi connectivity index (χ1v) is 9.98. The zero-order valence-electron chi connectivity index (χ0n) is 16.6. The number of rotatable bonds is 12. The number of hydrogen-bond acceptors (Lipinski definition) is 4. The molecule has 2 rings (SSSR count). The van der Waals surface area contributed by atoms with Crippen LogP contribution in [0, 0.1) is 0 Å². The van der Waals surface area contributed by atoms with Crippen LogP contribution in [0.3, 0.4) is 0 Å². The average Bonchev–Trinajstić information content (AvgIpc) is 2.74. The molecule has 0 bridgehead atoms. The van der Waals surface area contributed by atoms with Crippen LogP contribution in [0.25, 0.3) is 0 Å². The van der Waals surface area contributed by atoms with Gasteiger partial charge < -0.3 is 0 Å². The van der Waals surface area contributed by atoms with Crippen LogP contribution in [0.15, 0.2) is 70.9 Å². The summed E-state index contributed by atoms with van der Waals surface area (Å²) >= 11 is 0. The summed E-state index contributed by atoms with van der Waals surface area (Å²) in [6.07, 6.45) is 8.75. The molecule has 0 saturated carbocycles. The second kappa shape index (κ2) is 13.8. The van der Waals surface area contributed by atoms with Crippen molar-refractivity contribution in [2.24, 2.45) is 10.2 Å². The first-order valence-electron chi connectivity index (χ1n) is 9.98. The van der Waals surface area contributed by atoms with Gasteiger partial charge in [-0.05, 0) is 24.0 Å². The summed E-state index contributed by atoms with van der Waals surface area (Å²) in [6.45, 7) is 0. The molecule has 2 N–H and O–H groups in total. The van der Waals surface area contributed by atoms with Crippen molar-refractivity contribution in [1.82, 2.24) is 10.9 Å². The van der Waals surface area contributed by atoms with E-state index in [2.05, 4.69) is 21.1 Å². The van der Waals surface area contributed by atoms with E-state index in [1.807, 2.05) is 60.7 Å². The fraction of sp³-hybridized carbons (Fsp3) is 0.304. The van der Waals surface area contributed by atoms with Gasteiger partial charge >= 0.3 is 0 Å². The van der Waals surface area contributed by atoms with Gasteiger partial charge in [0.2, 0.25) is 11.8 Å². The highest BCUT2D eigenvalue weighted by atomic mass is 16.2. The van der Waals surface area contributed by atoms with E-state index in [1.54, 1.807) is 12.4 Å². The van der Waals surface area contributed by atoms with Gasteiger partial charge in [-0.3, -0.25) is 9.59 Å². The molecule has 6 heteroatoms. The molecule has 2 amide bonds. The molecule has 2 aromatic rings. The first-order chi connectivity index (χ1) is 14.2. The van der Waals surface area contributed by atoms with Crippen molar-refractivity contribution >= 4 is 24.2 Å². The van der Waals surface area contributed by atoms with Crippen molar-refractivity contribution in [2.45, 2.75) is 44.9 Å². The van der Waals surface area contributed by atoms with Gasteiger partial charge in [0.25, 0.3) is 0 Å². The lowest BCUT2D eigenvalue weighted by Gasteiger charge is -2.02. The van der Waals surface area contributed by atoms with Gasteiger partial charge in [-0.1, -0.05) is 79.9 Å². The van der Waals surface area contributed by atoms with Crippen molar-refractivity contribution in [2.75, 3.05) is 0 Å². The second-order valence-electron chi connectivity index (χ2n) is 6.68. The third-order valence-electron chi connectivity index (χ3n) is 4.21. The summed E-state index contributed by atoms with van der Waals surface area (Å²) < 4.78 is 0. The number of benzene rings is 2. The topological polar surface area (TPSA) is 82.9 Å². The molecule has 0 aliphatic heterocycles. The van der Waals surface area contributed by atoms with E-state index in [-0.39, 0.29) is 11.8 Å². The van der Waals surface area contributed by atoms with E-state index in [0.717, 1.165) is 43.2 Å². The zero-order chi connectivity index (χ0) is 20.6. The molecule has 6 nitrogen and oxygen atoms in total. The van der Waals surface area contributed by atoms with Crippen LogP contribution >= 0.6 is 0 Å². The van der Waals surface area contributed by atoms with Crippen molar-refractivity contribution < 1.29 is 9.59 Å². The molecule has 0 saturated heterocycles. The van der Waals surface area contributed by atoms with Crippen LogP contribution in [0.4, 0.5) is 0 Å². The Hall–Kier alpha value is -3.28. The van der Waals surface area contributed by atoms with Gasteiger partial charge in [0, 0.05) is 12.8 Å². The highest BCUT2D eigenvalue weighted by Crippen LogP contribution is 2.07. The molecule has 0 aromatic heterocycles. The molecule has 0 spiro atoms. The van der Waals surface area contributed by atoms with Crippen molar-refractivity contribution in [3.05, 3.63) is 71.8 Å². The van der Waals surface area contributed by atoms with Gasteiger partial charge in [0.05, 0.1) is 12.4 Å². The Morgan fingerprint density at radius 1 is 0.621 bits per heavy atom. The number of amides is 2. The molecule has 0 aliphatic carbocycles. The predicted octanol–water partition coefficient (Wildman–Crippen LogP) is 4.02. The molecule has 2 aromatic carbocycles.